The van der Waals surface area contributed by atoms with Gasteiger partial charge in [-0.3, -0.25) is 0 Å². The van der Waals surface area contributed by atoms with Crippen molar-refractivity contribution in [3.8, 4) is 6.07 Å². The van der Waals surface area contributed by atoms with Gasteiger partial charge in [-0.1, -0.05) is 0 Å². The molecule has 0 saturated carbocycles. The number of hydrogen-bond donors (Lipinski definition) is 1. The Balaban J connectivity index is 1.76. The monoisotopic (exact) mass is 265 g/mol. The molecule has 0 aliphatic carbocycles. The van der Waals surface area contributed by atoms with Crippen LogP contribution in [0.15, 0.2) is 36.5 Å². The molecule has 0 radical (unpaired) electrons. The van der Waals surface area contributed by atoms with Crippen LogP contribution >= 0.6 is 0 Å². The average molecular weight is 265 g/mol. The first kappa shape index (κ1) is 12.4. The summed E-state index contributed by atoms with van der Waals surface area (Å²) in [6.45, 7) is 2.27. The van der Waals surface area contributed by atoms with Crippen molar-refractivity contribution in [3.05, 3.63) is 42.1 Å². The Morgan fingerprint density at radius 2 is 1.85 bits per heavy atom. The minimum Gasteiger partial charge on any atom is -0.372 e. The molecule has 5 nitrogen and oxygen atoms in total. The van der Waals surface area contributed by atoms with Crippen molar-refractivity contribution in [1.29, 1.82) is 5.26 Å². The van der Waals surface area contributed by atoms with E-state index in [1.165, 1.54) is 24.7 Å². The standard InChI is InChI=1S/C15H15N5/c16-11-12-7-8-17-19-15(12)18-13-3-5-14(6-4-13)20-9-1-2-10-20/h3-8H,1-2,9-10H2,(H,18,19). The lowest BCUT2D eigenvalue weighted by molar-refractivity contribution is 0.949. The second-order valence-electron chi connectivity index (χ2n) is 4.77. The second-order valence-corrected chi connectivity index (χ2v) is 4.77. The van der Waals surface area contributed by atoms with Crippen LogP contribution in [0.2, 0.25) is 0 Å². The Kier molecular flexibility index (Phi) is 3.46. The van der Waals surface area contributed by atoms with E-state index in [0.29, 0.717) is 11.4 Å². The first-order chi connectivity index (χ1) is 9.86. The fourth-order valence-electron chi connectivity index (χ4n) is 2.38. The molecule has 0 amide bonds. The highest BCUT2D eigenvalue weighted by atomic mass is 15.2. The van der Waals surface area contributed by atoms with E-state index in [0.717, 1.165) is 18.8 Å². The molecule has 1 aromatic carbocycles. The van der Waals surface area contributed by atoms with Crippen LogP contribution in [-0.2, 0) is 0 Å². The fourth-order valence-corrected chi connectivity index (χ4v) is 2.38. The van der Waals surface area contributed by atoms with Crippen LogP contribution in [0.3, 0.4) is 0 Å². The molecule has 1 aliphatic rings. The Bertz CT molecular complexity index is 623. The number of rotatable bonds is 3. The highest BCUT2D eigenvalue weighted by Crippen LogP contribution is 2.24. The van der Waals surface area contributed by atoms with E-state index >= 15 is 0 Å². The van der Waals surface area contributed by atoms with Crippen molar-refractivity contribution >= 4 is 17.2 Å². The van der Waals surface area contributed by atoms with Gasteiger partial charge in [-0.25, -0.2) is 0 Å². The topological polar surface area (TPSA) is 64.8 Å². The Labute approximate surface area is 117 Å². The van der Waals surface area contributed by atoms with Gasteiger partial charge in [0.25, 0.3) is 0 Å². The van der Waals surface area contributed by atoms with Crippen LogP contribution in [0, 0.1) is 11.3 Å². The normalized spacial score (nSPS) is 14.1. The van der Waals surface area contributed by atoms with Gasteiger partial charge in [0.15, 0.2) is 5.82 Å². The van der Waals surface area contributed by atoms with Crippen LogP contribution in [0.5, 0.6) is 0 Å². The molecule has 2 aromatic rings. The van der Waals surface area contributed by atoms with Crippen molar-refractivity contribution in [2.24, 2.45) is 0 Å². The number of nitrogens with zero attached hydrogens (tertiary/aromatic N) is 4. The van der Waals surface area contributed by atoms with Crippen LogP contribution in [0.1, 0.15) is 18.4 Å². The molecule has 1 saturated heterocycles. The molecule has 1 fully saturated rings. The van der Waals surface area contributed by atoms with Crippen molar-refractivity contribution in [3.63, 3.8) is 0 Å². The third-order valence-electron chi connectivity index (χ3n) is 3.44. The number of anilines is 3. The zero-order valence-corrected chi connectivity index (χ0v) is 11.1. The van der Waals surface area contributed by atoms with Gasteiger partial charge < -0.3 is 10.2 Å². The van der Waals surface area contributed by atoms with E-state index < -0.39 is 0 Å². The third-order valence-corrected chi connectivity index (χ3v) is 3.44. The molecule has 0 atom stereocenters. The van der Waals surface area contributed by atoms with Crippen molar-refractivity contribution in [2.75, 3.05) is 23.3 Å². The second kappa shape index (κ2) is 5.57. The van der Waals surface area contributed by atoms with E-state index in [-0.39, 0.29) is 0 Å². The fraction of sp³-hybridized carbons (Fsp3) is 0.267. The van der Waals surface area contributed by atoms with E-state index in [4.69, 9.17) is 5.26 Å². The molecule has 0 spiro atoms. The summed E-state index contributed by atoms with van der Waals surface area (Å²) in [6, 6.07) is 11.9. The summed E-state index contributed by atoms with van der Waals surface area (Å²) < 4.78 is 0. The quantitative estimate of drug-likeness (QED) is 0.924. The van der Waals surface area contributed by atoms with Gasteiger partial charge in [0, 0.05) is 24.5 Å². The lowest BCUT2D eigenvalue weighted by atomic mass is 10.2. The Morgan fingerprint density at radius 3 is 2.55 bits per heavy atom. The van der Waals surface area contributed by atoms with E-state index in [1.807, 2.05) is 12.1 Å². The summed E-state index contributed by atoms with van der Waals surface area (Å²) in [5.74, 6) is 0.490. The molecule has 3 rings (SSSR count). The molecule has 0 unspecified atom stereocenters. The Hall–Kier alpha value is -2.61. The highest BCUT2D eigenvalue weighted by Gasteiger charge is 2.12. The third kappa shape index (κ3) is 2.54. The van der Waals surface area contributed by atoms with Gasteiger partial charge >= 0.3 is 0 Å². The number of hydrogen-bond acceptors (Lipinski definition) is 5. The first-order valence-electron chi connectivity index (χ1n) is 6.70. The molecular weight excluding hydrogens is 250 g/mol. The predicted molar refractivity (Wildman–Crippen MR) is 77.9 cm³/mol. The largest absolute Gasteiger partial charge is 0.372 e. The smallest absolute Gasteiger partial charge is 0.171 e. The summed E-state index contributed by atoms with van der Waals surface area (Å²) >= 11 is 0. The SMILES string of the molecule is N#Cc1ccnnc1Nc1ccc(N2CCCC2)cc1. The summed E-state index contributed by atoms with van der Waals surface area (Å²) in [4.78, 5) is 2.38. The first-order valence-corrected chi connectivity index (χ1v) is 6.70. The molecule has 100 valence electrons. The lowest BCUT2D eigenvalue weighted by Gasteiger charge is -2.17. The maximum Gasteiger partial charge on any atom is 0.171 e. The molecule has 5 heteroatoms. The molecular formula is C15H15N5. The molecule has 1 aliphatic heterocycles. The van der Waals surface area contributed by atoms with E-state index in [1.54, 1.807) is 6.07 Å². The Morgan fingerprint density at radius 1 is 1.10 bits per heavy atom. The van der Waals surface area contributed by atoms with Gasteiger partial charge in [-0.15, -0.1) is 5.10 Å². The van der Waals surface area contributed by atoms with Gasteiger partial charge in [0.2, 0.25) is 0 Å². The summed E-state index contributed by atoms with van der Waals surface area (Å²) in [5, 5.41) is 19.9. The van der Waals surface area contributed by atoms with Gasteiger partial charge in [-0.05, 0) is 43.2 Å². The minimum atomic E-state index is 0.489. The van der Waals surface area contributed by atoms with Crippen LogP contribution < -0.4 is 10.2 Å². The zero-order valence-electron chi connectivity index (χ0n) is 11.1. The van der Waals surface area contributed by atoms with Crippen molar-refractivity contribution in [1.82, 2.24) is 10.2 Å². The number of nitriles is 1. The van der Waals surface area contributed by atoms with Gasteiger partial charge in [0.05, 0.1) is 11.8 Å². The van der Waals surface area contributed by atoms with Crippen molar-refractivity contribution in [2.45, 2.75) is 12.8 Å². The number of nitrogens with one attached hydrogen (secondary N) is 1. The van der Waals surface area contributed by atoms with Gasteiger partial charge in [0.1, 0.15) is 6.07 Å². The van der Waals surface area contributed by atoms with Crippen LogP contribution in [0.25, 0.3) is 0 Å². The molecule has 1 aromatic heterocycles. The van der Waals surface area contributed by atoms with Gasteiger partial charge in [-0.2, -0.15) is 10.4 Å². The summed E-state index contributed by atoms with van der Waals surface area (Å²) in [7, 11) is 0. The predicted octanol–water partition coefficient (Wildman–Crippen LogP) is 2.69. The average Bonchev–Trinajstić information content (AvgIpc) is 3.03. The maximum atomic E-state index is 9.02. The number of aromatic nitrogens is 2. The molecule has 2 heterocycles. The molecule has 1 N–H and O–H groups in total. The molecule has 20 heavy (non-hydrogen) atoms. The van der Waals surface area contributed by atoms with Crippen LogP contribution in [0.4, 0.5) is 17.2 Å². The summed E-state index contributed by atoms with van der Waals surface area (Å²) in [5.41, 5.74) is 2.64. The van der Waals surface area contributed by atoms with Crippen LogP contribution in [-0.4, -0.2) is 23.3 Å². The lowest BCUT2D eigenvalue weighted by Crippen LogP contribution is -2.17. The van der Waals surface area contributed by atoms with E-state index in [9.17, 15) is 0 Å². The minimum absolute atomic E-state index is 0.489. The number of benzene rings is 1. The molecule has 0 bridgehead atoms. The summed E-state index contributed by atoms with van der Waals surface area (Å²) in [6.07, 6.45) is 4.05. The zero-order chi connectivity index (χ0) is 13.8. The maximum absolute atomic E-state index is 9.02. The highest BCUT2D eigenvalue weighted by molar-refractivity contribution is 5.64. The van der Waals surface area contributed by atoms with Crippen molar-refractivity contribution < 1.29 is 0 Å². The van der Waals surface area contributed by atoms with E-state index in [2.05, 4.69) is 38.6 Å².